The number of aromatic nitrogens is 1. The van der Waals surface area contributed by atoms with Crippen LogP contribution in [-0.2, 0) is 5.88 Å². The van der Waals surface area contributed by atoms with Crippen LogP contribution in [0.25, 0.3) is 11.3 Å². The summed E-state index contributed by atoms with van der Waals surface area (Å²) in [5.41, 5.74) is 0.378. The van der Waals surface area contributed by atoms with Crippen molar-refractivity contribution >= 4 is 17.3 Å². The van der Waals surface area contributed by atoms with E-state index in [0.29, 0.717) is 23.8 Å². The minimum absolute atomic E-state index is 0.108. The molecule has 0 fully saturated rings. The van der Waals surface area contributed by atoms with Crippen LogP contribution in [0.4, 0.5) is 5.69 Å². The van der Waals surface area contributed by atoms with Gasteiger partial charge in [-0.05, 0) is 13.0 Å². The largest absolute Gasteiger partial charge is 0.487 e. The van der Waals surface area contributed by atoms with Crippen LogP contribution in [0.15, 0.2) is 28.8 Å². The molecule has 0 N–H and O–H groups in total. The normalized spacial score (nSPS) is 10.4. The number of hydrogen-bond acceptors (Lipinski definition) is 5. The predicted octanol–water partition coefficient (Wildman–Crippen LogP) is 3.39. The van der Waals surface area contributed by atoms with Gasteiger partial charge in [-0.2, -0.15) is 0 Å². The quantitative estimate of drug-likeness (QED) is 0.477. The molecule has 0 atom stereocenters. The van der Waals surface area contributed by atoms with Crippen molar-refractivity contribution in [2.24, 2.45) is 0 Å². The van der Waals surface area contributed by atoms with E-state index in [1.165, 1.54) is 12.3 Å². The van der Waals surface area contributed by atoms with Crippen molar-refractivity contribution in [3.63, 3.8) is 0 Å². The molecule has 0 aliphatic rings. The summed E-state index contributed by atoms with van der Waals surface area (Å²) in [6.07, 6.45) is 1.47. The summed E-state index contributed by atoms with van der Waals surface area (Å²) in [6.45, 7) is 2.07. The van der Waals surface area contributed by atoms with Crippen LogP contribution in [0.1, 0.15) is 12.8 Å². The summed E-state index contributed by atoms with van der Waals surface area (Å²) in [6, 6.07) is 4.63. The number of oxazole rings is 1. The summed E-state index contributed by atoms with van der Waals surface area (Å²) in [5.74, 6) is 1.06. The fourth-order valence-corrected chi connectivity index (χ4v) is 1.78. The molecule has 7 heteroatoms. The Hall–Kier alpha value is -2.08. The average molecular weight is 283 g/mol. The minimum atomic E-state index is -0.493. The molecule has 1 aromatic heterocycles. The molecular formula is C12H11ClN2O4. The Bertz CT molecular complexity index is 597. The van der Waals surface area contributed by atoms with Gasteiger partial charge in [-0.1, -0.05) is 6.07 Å². The minimum Gasteiger partial charge on any atom is -0.487 e. The Kier molecular flexibility index (Phi) is 4.01. The molecule has 0 radical (unpaired) electrons. The van der Waals surface area contributed by atoms with Crippen molar-refractivity contribution in [3.8, 4) is 17.1 Å². The van der Waals surface area contributed by atoms with Gasteiger partial charge in [-0.15, -0.1) is 11.6 Å². The number of rotatable bonds is 5. The third-order valence-corrected chi connectivity index (χ3v) is 2.64. The maximum absolute atomic E-state index is 11.0. The van der Waals surface area contributed by atoms with Crippen molar-refractivity contribution < 1.29 is 14.1 Å². The van der Waals surface area contributed by atoms with Crippen molar-refractivity contribution in [3.05, 3.63) is 40.4 Å². The van der Waals surface area contributed by atoms with E-state index in [-0.39, 0.29) is 17.3 Å². The van der Waals surface area contributed by atoms with E-state index >= 15 is 0 Å². The lowest BCUT2D eigenvalue weighted by molar-refractivity contribution is -0.385. The van der Waals surface area contributed by atoms with Gasteiger partial charge < -0.3 is 9.15 Å². The lowest BCUT2D eigenvalue weighted by Gasteiger charge is -2.08. The Morgan fingerprint density at radius 3 is 2.89 bits per heavy atom. The molecule has 19 heavy (non-hydrogen) atoms. The van der Waals surface area contributed by atoms with Gasteiger partial charge in [-0.3, -0.25) is 10.1 Å². The molecule has 0 aliphatic heterocycles. The number of para-hydroxylation sites is 1. The zero-order chi connectivity index (χ0) is 13.8. The number of halogens is 1. The lowest BCUT2D eigenvalue weighted by Crippen LogP contribution is -1.99. The molecule has 2 aromatic rings. The molecule has 100 valence electrons. The van der Waals surface area contributed by atoms with Crippen molar-refractivity contribution in [1.29, 1.82) is 0 Å². The van der Waals surface area contributed by atoms with Gasteiger partial charge in [0, 0.05) is 6.07 Å². The van der Waals surface area contributed by atoms with Crippen LogP contribution in [0.3, 0.4) is 0 Å². The van der Waals surface area contributed by atoms with Crippen LogP contribution in [0.2, 0.25) is 0 Å². The highest BCUT2D eigenvalue weighted by Crippen LogP contribution is 2.38. The molecule has 1 aromatic carbocycles. The molecule has 6 nitrogen and oxygen atoms in total. The average Bonchev–Trinajstić information content (AvgIpc) is 2.87. The fourth-order valence-electron chi connectivity index (χ4n) is 1.66. The number of nitro groups is 1. The molecular weight excluding hydrogens is 272 g/mol. The highest BCUT2D eigenvalue weighted by atomic mass is 35.5. The first-order chi connectivity index (χ1) is 9.17. The molecule has 0 bridgehead atoms. The Balaban J connectivity index is 2.55. The van der Waals surface area contributed by atoms with Gasteiger partial charge >= 0.3 is 5.69 Å². The highest BCUT2D eigenvalue weighted by molar-refractivity contribution is 6.16. The maximum atomic E-state index is 11.0. The molecule has 0 aliphatic carbocycles. The standard InChI is InChI=1S/C12H11ClN2O4/c1-2-18-12-8(4-3-5-9(12)15(16)17)10-7-14-11(6-13)19-10/h3-5,7H,2,6H2,1H3. The first-order valence-electron chi connectivity index (χ1n) is 5.58. The number of ether oxygens (including phenoxy) is 1. The summed E-state index contributed by atoms with van der Waals surface area (Å²) in [7, 11) is 0. The SMILES string of the molecule is CCOc1c(-c2cnc(CCl)o2)cccc1[N+](=O)[O-]. The molecule has 2 rings (SSSR count). The summed E-state index contributed by atoms with van der Waals surface area (Å²) < 4.78 is 10.8. The van der Waals surface area contributed by atoms with Gasteiger partial charge in [-0.25, -0.2) is 4.98 Å². The Morgan fingerprint density at radius 2 is 2.32 bits per heavy atom. The second kappa shape index (κ2) is 5.71. The first-order valence-corrected chi connectivity index (χ1v) is 6.12. The Morgan fingerprint density at radius 1 is 1.53 bits per heavy atom. The van der Waals surface area contributed by atoms with Crippen LogP contribution < -0.4 is 4.74 Å². The fraction of sp³-hybridized carbons (Fsp3) is 0.250. The van der Waals surface area contributed by atoms with E-state index in [0.717, 1.165) is 0 Å². The third-order valence-electron chi connectivity index (χ3n) is 2.41. The van der Waals surface area contributed by atoms with Gasteiger partial charge in [0.05, 0.1) is 29.2 Å². The molecule has 0 unspecified atom stereocenters. The number of hydrogen-bond donors (Lipinski definition) is 0. The summed E-state index contributed by atoms with van der Waals surface area (Å²) >= 11 is 5.61. The second-order valence-corrected chi connectivity index (χ2v) is 3.86. The van der Waals surface area contributed by atoms with E-state index in [1.807, 2.05) is 0 Å². The lowest BCUT2D eigenvalue weighted by atomic mass is 10.1. The van der Waals surface area contributed by atoms with E-state index in [2.05, 4.69) is 4.98 Å². The van der Waals surface area contributed by atoms with Gasteiger partial charge in [0.2, 0.25) is 11.6 Å². The van der Waals surface area contributed by atoms with Crippen LogP contribution >= 0.6 is 11.6 Å². The van der Waals surface area contributed by atoms with Crippen LogP contribution in [-0.4, -0.2) is 16.5 Å². The van der Waals surface area contributed by atoms with Crippen molar-refractivity contribution in [2.45, 2.75) is 12.8 Å². The zero-order valence-corrected chi connectivity index (χ0v) is 10.9. The third kappa shape index (κ3) is 2.68. The summed E-state index contributed by atoms with van der Waals surface area (Å²) in [5, 5.41) is 11.0. The van der Waals surface area contributed by atoms with Crippen molar-refractivity contribution in [1.82, 2.24) is 4.98 Å². The monoisotopic (exact) mass is 282 g/mol. The van der Waals surface area contributed by atoms with Gasteiger partial charge in [0.1, 0.15) is 0 Å². The van der Waals surface area contributed by atoms with Gasteiger partial charge in [0.15, 0.2) is 5.76 Å². The van der Waals surface area contributed by atoms with E-state index in [4.69, 9.17) is 20.8 Å². The Labute approximate surface area is 114 Å². The number of nitrogens with zero attached hydrogens (tertiary/aromatic N) is 2. The molecule has 0 amide bonds. The summed E-state index contributed by atoms with van der Waals surface area (Å²) in [4.78, 5) is 14.5. The molecule has 0 spiro atoms. The molecule has 0 saturated carbocycles. The van der Waals surface area contributed by atoms with Crippen LogP contribution in [0.5, 0.6) is 5.75 Å². The van der Waals surface area contributed by atoms with E-state index < -0.39 is 4.92 Å². The molecule has 1 heterocycles. The van der Waals surface area contributed by atoms with E-state index in [1.54, 1.807) is 19.1 Å². The second-order valence-electron chi connectivity index (χ2n) is 3.60. The highest BCUT2D eigenvalue weighted by Gasteiger charge is 2.21. The zero-order valence-electron chi connectivity index (χ0n) is 10.1. The molecule has 0 saturated heterocycles. The number of benzene rings is 1. The first kappa shape index (κ1) is 13.4. The van der Waals surface area contributed by atoms with Gasteiger partial charge in [0.25, 0.3) is 0 Å². The maximum Gasteiger partial charge on any atom is 0.311 e. The van der Waals surface area contributed by atoms with Crippen molar-refractivity contribution in [2.75, 3.05) is 6.61 Å². The van der Waals surface area contributed by atoms with E-state index in [9.17, 15) is 10.1 Å². The smallest absolute Gasteiger partial charge is 0.311 e. The topological polar surface area (TPSA) is 78.4 Å². The predicted molar refractivity (Wildman–Crippen MR) is 69.3 cm³/mol. The number of nitro benzene ring substituents is 1. The van der Waals surface area contributed by atoms with Crippen LogP contribution in [0, 0.1) is 10.1 Å². The number of alkyl halides is 1.